The van der Waals surface area contributed by atoms with Gasteiger partial charge in [0.05, 0.1) is 19.3 Å². The molecule has 2 bridgehead atoms. The third-order valence-corrected chi connectivity index (χ3v) is 7.94. The van der Waals surface area contributed by atoms with Crippen LogP contribution in [-0.2, 0) is 11.3 Å². The van der Waals surface area contributed by atoms with Crippen molar-refractivity contribution in [1.29, 1.82) is 0 Å². The van der Waals surface area contributed by atoms with E-state index in [2.05, 4.69) is 41.9 Å². The quantitative estimate of drug-likeness (QED) is 0.643. The number of hydrogen-bond donors (Lipinski definition) is 1. The fourth-order valence-corrected chi connectivity index (χ4v) is 5.73. The average molecular weight is 429 g/mol. The van der Waals surface area contributed by atoms with Gasteiger partial charge in [-0.2, -0.15) is 0 Å². The highest BCUT2D eigenvalue weighted by molar-refractivity contribution is 5.44. The minimum atomic E-state index is -0.424. The van der Waals surface area contributed by atoms with E-state index in [1.807, 2.05) is 6.07 Å². The second kappa shape index (κ2) is 8.74. The number of aliphatic hydroxyl groups excluding tert-OH is 1. The van der Waals surface area contributed by atoms with E-state index in [1.165, 1.54) is 24.0 Å². The Balaban J connectivity index is 1.00. The Morgan fingerprint density at radius 1 is 1.13 bits per heavy atom. The Morgan fingerprint density at radius 3 is 2.68 bits per heavy atom. The summed E-state index contributed by atoms with van der Waals surface area (Å²) >= 11 is 0. The zero-order valence-corrected chi connectivity index (χ0v) is 18.9. The third kappa shape index (κ3) is 4.49. The van der Waals surface area contributed by atoms with E-state index >= 15 is 0 Å². The number of nitrogens with zero attached hydrogens (tertiary/aromatic N) is 2. The molecule has 6 rings (SSSR count). The number of aliphatic hydroxyl groups is 1. The lowest BCUT2D eigenvalue weighted by molar-refractivity contribution is -0.0275. The molecule has 0 amide bonds. The van der Waals surface area contributed by atoms with E-state index in [0.29, 0.717) is 37.9 Å². The largest absolute Gasteiger partial charge is 0.454 e. The summed E-state index contributed by atoms with van der Waals surface area (Å²) < 4.78 is 16.8. The van der Waals surface area contributed by atoms with Crippen LogP contribution in [0, 0.1) is 17.3 Å². The molecular weight excluding hydrogens is 392 g/mol. The molecule has 1 N–H and O–H groups in total. The predicted molar refractivity (Wildman–Crippen MR) is 119 cm³/mol. The summed E-state index contributed by atoms with van der Waals surface area (Å²) in [6.07, 6.45) is 4.48. The molecule has 0 radical (unpaired) electrons. The van der Waals surface area contributed by atoms with Crippen molar-refractivity contribution in [3.8, 4) is 11.5 Å². The lowest BCUT2D eigenvalue weighted by Crippen LogP contribution is -2.49. The lowest BCUT2D eigenvalue weighted by atomic mass is 9.49. The molecule has 31 heavy (non-hydrogen) atoms. The van der Waals surface area contributed by atoms with E-state index in [1.54, 1.807) is 0 Å². The number of benzene rings is 1. The molecule has 2 heterocycles. The minimum Gasteiger partial charge on any atom is -0.454 e. The van der Waals surface area contributed by atoms with Gasteiger partial charge in [-0.3, -0.25) is 9.80 Å². The van der Waals surface area contributed by atoms with Crippen molar-refractivity contribution < 1.29 is 19.3 Å². The number of allylic oxidation sites excluding steroid dienone is 1. The molecule has 0 aromatic heterocycles. The van der Waals surface area contributed by atoms with Crippen molar-refractivity contribution in [2.45, 2.75) is 39.3 Å². The van der Waals surface area contributed by atoms with Crippen molar-refractivity contribution in [2.75, 3.05) is 52.7 Å². The second-order valence-corrected chi connectivity index (χ2v) is 10.3. The van der Waals surface area contributed by atoms with Gasteiger partial charge in [-0.25, -0.2) is 0 Å². The average Bonchev–Trinajstić information content (AvgIpc) is 3.23. The first-order valence-corrected chi connectivity index (χ1v) is 11.8. The molecule has 3 aliphatic carbocycles. The monoisotopic (exact) mass is 428 g/mol. The molecule has 1 aromatic carbocycles. The molecule has 5 aliphatic rings. The van der Waals surface area contributed by atoms with Gasteiger partial charge in [0.2, 0.25) is 6.79 Å². The second-order valence-electron chi connectivity index (χ2n) is 10.3. The van der Waals surface area contributed by atoms with Gasteiger partial charge in [0.25, 0.3) is 0 Å². The van der Waals surface area contributed by atoms with Crippen LogP contribution in [0.4, 0.5) is 0 Å². The Hall–Kier alpha value is -1.60. The van der Waals surface area contributed by atoms with Gasteiger partial charge in [-0.05, 0) is 53.4 Å². The number of ether oxygens (including phenoxy) is 3. The van der Waals surface area contributed by atoms with Gasteiger partial charge in [0.15, 0.2) is 11.5 Å². The molecular formula is C25H36N2O4. The van der Waals surface area contributed by atoms with Crippen LogP contribution in [0.15, 0.2) is 29.8 Å². The summed E-state index contributed by atoms with van der Waals surface area (Å²) in [5.74, 6) is 3.23. The van der Waals surface area contributed by atoms with Crippen molar-refractivity contribution in [3.05, 3.63) is 35.4 Å². The summed E-state index contributed by atoms with van der Waals surface area (Å²) in [7, 11) is 0. The van der Waals surface area contributed by atoms with E-state index in [9.17, 15) is 5.11 Å². The Kier molecular flexibility index (Phi) is 5.99. The van der Waals surface area contributed by atoms with Crippen LogP contribution in [0.2, 0.25) is 0 Å². The highest BCUT2D eigenvalue weighted by atomic mass is 16.7. The molecule has 2 aliphatic heterocycles. The van der Waals surface area contributed by atoms with E-state index in [-0.39, 0.29) is 0 Å². The van der Waals surface area contributed by atoms with Crippen LogP contribution < -0.4 is 9.47 Å². The molecule has 1 aromatic rings. The fourth-order valence-electron chi connectivity index (χ4n) is 5.73. The SMILES string of the molecule is CC1(C)[C@H]2CC=C(COC[C@H](O)CN3CCN(Cc4ccc5c(c4)OCO5)CC3)[C@@H]1C2. The third-order valence-electron chi connectivity index (χ3n) is 7.94. The molecule has 0 spiro atoms. The van der Waals surface area contributed by atoms with Gasteiger partial charge in [0.1, 0.15) is 0 Å². The molecule has 170 valence electrons. The van der Waals surface area contributed by atoms with E-state index in [4.69, 9.17) is 14.2 Å². The van der Waals surface area contributed by atoms with Gasteiger partial charge < -0.3 is 19.3 Å². The summed E-state index contributed by atoms with van der Waals surface area (Å²) in [6, 6.07) is 6.20. The van der Waals surface area contributed by atoms with Crippen molar-refractivity contribution in [1.82, 2.24) is 9.80 Å². The molecule has 1 saturated carbocycles. The Bertz CT molecular complexity index is 816. The zero-order valence-electron chi connectivity index (χ0n) is 18.9. The maximum Gasteiger partial charge on any atom is 0.231 e. The first-order chi connectivity index (χ1) is 15.0. The summed E-state index contributed by atoms with van der Waals surface area (Å²) in [5.41, 5.74) is 3.15. The number of hydrogen-bond acceptors (Lipinski definition) is 6. The fraction of sp³-hybridized carbons (Fsp3) is 0.680. The van der Waals surface area contributed by atoms with Crippen LogP contribution in [0.25, 0.3) is 0 Å². The normalized spacial score (nSPS) is 28.2. The topological polar surface area (TPSA) is 54.4 Å². The van der Waals surface area contributed by atoms with E-state index < -0.39 is 6.10 Å². The van der Waals surface area contributed by atoms with Crippen molar-refractivity contribution in [2.24, 2.45) is 17.3 Å². The van der Waals surface area contributed by atoms with Crippen LogP contribution in [-0.4, -0.2) is 73.7 Å². The highest BCUT2D eigenvalue weighted by Gasteiger charge is 2.50. The van der Waals surface area contributed by atoms with Gasteiger partial charge >= 0.3 is 0 Å². The van der Waals surface area contributed by atoms with Gasteiger partial charge in [-0.1, -0.05) is 26.0 Å². The van der Waals surface area contributed by atoms with Gasteiger partial charge in [0, 0.05) is 39.3 Å². The maximum absolute atomic E-state index is 10.5. The summed E-state index contributed by atoms with van der Waals surface area (Å²) in [6.45, 7) is 11.8. The van der Waals surface area contributed by atoms with Crippen LogP contribution in [0.1, 0.15) is 32.3 Å². The molecule has 2 fully saturated rings. The summed E-state index contributed by atoms with van der Waals surface area (Å²) in [4.78, 5) is 4.81. The standard InChI is InChI=1S/C25H36N2O4/c1-25(2)20-5-4-19(22(25)12-20)15-29-16-21(28)14-27-9-7-26(8-10-27)13-18-3-6-23-24(11-18)31-17-30-23/h3-4,6,11,20-22,28H,5,7-10,12-17H2,1-2H3/t20-,21+,22-/m0/s1. The van der Waals surface area contributed by atoms with Crippen molar-refractivity contribution in [3.63, 3.8) is 0 Å². The molecule has 6 nitrogen and oxygen atoms in total. The molecule has 3 atom stereocenters. The minimum absolute atomic E-state index is 0.320. The van der Waals surface area contributed by atoms with E-state index in [0.717, 1.165) is 50.1 Å². The highest BCUT2D eigenvalue weighted by Crippen LogP contribution is 2.59. The first-order valence-electron chi connectivity index (χ1n) is 11.8. The molecule has 1 saturated heterocycles. The zero-order chi connectivity index (χ0) is 21.4. The molecule has 6 heteroatoms. The Morgan fingerprint density at radius 2 is 1.90 bits per heavy atom. The van der Waals surface area contributed by atoms with Crippen molar-refractivity contribution >= 4 is 0 Å². The van der Waals surface area contributed by atoms with Crippen LogP contribution in [0.5, 0.6) is 11.5 Å². The van der Waals surface area contributed by atoms with Crippen LogP contribution >= 0.6 is 0 Å². The molecule has 0 unspecified atom stereocenters. The maximum atomic E-state index is 10.5. The number of rotatable bonds is 8. The van der Waals surface area contributed by atoms with Crippen LogP contribution in [0.3, 0.4) is 0 Å². The lowest BCUT2D eigenvalue weighted by Gasteiger charge is -2.56. The predicted octanol–water partition coefficient (Wildman–Crippen LogP) is 2.90. The van der Waals surface area contributed by atoms with Gasteiger partial charge in [-0.15, -0.1) is 0 Å². The number of piperazine rings is 1. The number of fused-ring (bicyclic) bond motifs is 2. The Labute approximate surface area is 185 Å². The smallest absolute Gasteiger partial charge is 0.231 e. The number of β-amino-alcohol motifs (C(OH)–C–C–N with tert-alkyl or cyclic N) is 1. The summed E-state index contributed by atoms with van der Waals surface area (Å²) in [5, 5.41) is 10.5. The first kappa shape index (κ1) is 21.3.